The molecule has 1 aromatic carbocycles. The predicted molar refractivity (Wildman–Crippen MR) is 68.1 cm³/mol. The van der Waals surface area contributed by atoms with Crippen LogP contribution in [0.1, 0.15) is 17.2 Å². The molecule has 1 aromatic heterocycles. The van der Waals surface area contributed by atoms with Crippen LogP contribution in [0.5, 0.6) is 0 Å². The standard InChI is InChI=1S/C14H11N3O/c18-14-12(10-6-2-1-3-7-10)13(16-17-14)11-8-4-5-9-15-11/h1-9,12H,(H,17,18)/t12-/m1/s1. The Morgan fingerprint density at radius 3 is 2.50 bits per heavy atom. The fourth-order valence-electron chi connectivity index (χ4n) is 2.04. The Morgan fingerprint density at radius 1 is 1.00 bits per heavy atom. The zero-order valence-electron chi connectivity index (χ0n) is 9.58. The SMILES string of the molecule is O=C1NN=C(c2ccccn2)[C@H]1c1ccccc1. The topological polar surface area (TPSA) is 54.4 Å². The molecule has 0 saturated heterocycles. The summed E-state index contributed by atoms with van der Waals surface area (Å²) in [7, 11) is 0. The fraction of sp³-hybridized carbons (Fsp3) is 0.0714. The van der Waals surface area contributed by atoms with Gasteiger partial charge in [0.25, 0.3) is 5.91 Å². The summed E-state index contributed by atoms with van der Waals surface area (Å²) in [5.41, 5.74) is 4.85. The second-order valence-electron chi connectivity index (χ2n) is 4.03. The van der Waals surface area contributed by atoms with Crippen LogP contribution in [0, 0.1) is 0 Å². The van der Waals surface area contributed by atoms with Gasteiger partial charge in [0.05, 0.1) is 5.69 Å². The minimum atomic E-state index is -0.374. The van der Waals surface area contributed by atoms with E-state index in [1.165, 1.54) is 0 Å². The molecule has 1 atom stereocenters. The molecule has 3 rings (SSSR count). The van der Waals surface area contributed by atoms with Crippen molar-refractivity contribution in [3.05, 3.63) is 66.0 Å². The molecule has 0 aliphatic carbocycles. The van der Waals surface area contributed by atoms with E-state index in [9.17, 15) is 4.79 Å². The van der Waals surface area contributed by atoms with Gasteiger partial charge in [-0.3, -0.25) is 9.78 Å². The highest BCUT2D eigenvalue weighted by atomic mass is 16.2. The summed E-state index contributed by atoms with van der Waals surface area (Å²) in [5, 5.41) is 4.10. The Morgan fingerprint density at radius 2 is 1.78 bits per heavy atom. The summed E-state index contributed by atoms with van der Waals surface area (Å²) in [6.07, 6.45) is 1.70. The molecule has 0 spiro atoms. The van der Waals surface area contributed by atoms with Gasteiger partial charge >= 0.3 is 0 Å². The van der Waals surface area contributed by atoms with Crippen molar-refractivity contribution in [2.24, 2.45) is 5.10 Å². The third-order valence-corrected chi connectivity index (χ3v) is 2.88. The summed E-state index contributed by atoms with van der Waals surface area (Å²) in [6.45, 7) is 0. The summed E-state index contributed by atoms with van der Waals surface area (Å²) in [6, 6.07) is 15.2. The maximum absolute atomic E-state index is 11.9. The molecule has 0 unspecified atom stereocenters. The lowest BCUT2D eigenvalue weighted by Crippen LogP contribution is -2.22. The molecule has 0 radical (unpaired) electrons. The van der Waals surface area contributed by atoms with Gasteiger partial charge in [-0.1, -0.05) is 36.4 Å². The van der Waals surface area contributed by atoms with Gasteiger partial charge in [0.1, 0.15) is 11.6 Å². The number of pyridine rings is 1. The highest BCUT2D eigenvalue weighted by molar-refractivity contribution is 6.19. The number of rotatable bonds is 2. The maximum Gasteiger partial charge on any atom is 0.253 e. The first-order valence-corrected chi connectivity index (χ1v) is 5.70. The molecular weight excluding hydrogens is 226 g/mol. The molecule has 4 nitrogen and oxygen atoms in total. The van der Waals surface area contributed by atoms with Crippen molar-refractivity contribution in [3.8, 4) is 0 Å². The number of hydrogen-bond donors (Lipinski definition) is 1. The van der Waals surface area contributed by atoms with Crippen LogP contribution < -0.4 is 5.43 Å². The summed E-state index contributed by atoms with van der Waals surface area (Å²) in [4.78, 5) is 16.2. The Bertz CT molecular complexity index is 593. The van der Waals surface area contributed by atoms with Crippen LogP contribution in [-0.2, 0) is 4.79 Å². The van der Waals surface area contributed by atoms with E-state index in [1.807, 2.05) is 48.5 Å². The van der Waals surface area contributed by atoms with E-state index in [2.05, 4.69) is 15.5 Å². The molecule has 1 amide bonds. The van der Waals surface area contributed by atoms with Gasteiger partial charge in [-0.05, 0) is 17.7 Å². The van der Waals surface area contributed by atoms with Crippen LogP contribution in [-0.4, -0.2) is 16.6 Å². The van der Waals surface area contributed by atoms with E-state index in [0.717, 1.165) is 11.3 Å². The number of hydrogen-bond acceptors (Lipinski definition) is 3. The number of nitrogens with one attached hydrogen (secondary N) is 1. The number of benzene rings is 1. The third kappa shape index (κ3) is 1.78. The summed E-state index contributed by atoms with van der Waals surface area (Å²) >= 11 is 0. The number of aromatic nitrogens is 1. The van der Waals surface area contributed by atoms with Gasteiger partial charge < -0.3 is 0 Å². The quantitative estimate of drug-likeness (QED) is 0.864. The van der Waals surface area contributed by atoms with Gasteiger partial charge in [-0.2, -0.15) is 5.10 Å². The van der Waals surface area contributed by atoms with Crippen molar-refractivity contribution in [1.82, 2.24) is 10.4 Å². The molecule has 88 valence electrons. The number of carbonyl (C=O) groups is 1. The first-order chi connectivity index (χ1) is 8.86. The minimum absolute atomic E-state index is 0.109. The molecule has 2 aromatic rings. The highest BCUT2D eigenvalue weighted by Gasteiger charge is 2.32. The largest absolute Gasteiger partial charge is 0.272 e. The van der Waals surface area contributed by atoms with Crippen LogP contribution in [0.15, 0.2) is 59.8 Å². The van der Waals surface area contributed by atoms with Gasteiger partial charge in [0.2, 0.25) is 0 Å². The summed E-state index contributed by atoms with van der Waals surface area (Å²) in [5.74, 6) is -0.483. The zero-order valence-corrected chi connectivity index (χ0v) is 9.58. The minimum Gasteiger partial charge on any atom is -0.272 e. The Hall–Kier alpha value is -2.49. The van der Waals surface area contributed by atoms with Crippen molar-refractivity contribution < 1.29 is 4.79 Å². The van der Waals surface area contributed by atoms with Crippen molar-refractivity contribution in [2.45, 2.75) is 5.92 Å². The van der Waals surface area contributed by atoms with Crippen LogP contribution >= 0.6 is 0 Å². The normalized spacial score (nSPS) is 18.3. The molecular formula is C14H11N3O. The van der Waals surface area contributed by atoms with E-state index in [0.29, 0.717) is 5.71 Å². The predicted octanol–water partition coefficient (Wildman–Crippen LogP) is 1.70. The lowest BCUT2D eigenvalue weighted by molar-refractivity contribution is -0.120. The zero-order chi connectivity index (χ0) is 12.4. The molecule has 4 heteroatoms. The van der Waals surface area contributed by atoms with Gasteiger partial charge in [0.15, 0.2) is 0 Å². The molecule has 0 saturated carbocycles. The number of nitrogens with zero attached hydrogens (tertiary/aromatic N) is 2. The van der Waals surface area contributed by atoms with Crippen molar-refractivity contribution in [3.63, 3.8) is 0 Å². The molecule has 18 heavy (non-hydrogen) atoms. The average molecular weight is 237 g/mol. The molecule has 0 bridgehead atoms. The second-order valence-corrected chi connectivity index (χ2v) is 4.03. The fourth-order valence-corrected chi connectivity index (χ4v) is 2.04. The third-order valence-electron chi connectivity index (χ3n) is 2.88. The number of amides is 1. The Balaban J connectivity index is 2.03. The molecule has 0 fully saturated rings. The van der Waals surface area contributed by atoms with Crippen molar-refractivity contribution in [1.29, 1.82) is 0 Å². The molecule has 1 N–H and O–H groups in total. The first kappa shape index (κ1) is 10.7. The van der Waals surface area contributed by atoms with E-state index in [-0.39, 0.29) is 11.8 Å². The monoisotopic (exact) mass is 237 g/mol. The van der Waals surface area contributed by atoms with E-state index in [1.54, 1.807) is 6.20 Å². The number of carbonyl (C=O) groups excluding carboxylic acids is 1. The van der Waals surface area contributed by atoms with Crippen LogP contribution in [0.25, 0.3) is 0 Å². The highest BCUT2D eigenvalue weighted by Crippen LogP contribution is 2.24. The van der Waals surface area contributed by atoms with Gasteiger partial charge in [-0.25, -0.2) is 5.43 Å². The lowest BCUT2D eigenvalue weighted by Gasteiger charge is -2.10. The Kier molecular flexibility index (Phi) is 2.61. The molecule has 1 aliphatic rings. The average Bonchev–Trinajstić information content (AvgIpc) is 2.83. The van der Waals surface area contributed by atoms with Crippen LogP contribution in [0.2, 0.25) is 0 Å². The van der Waals surface area contributed by atoms with Crippen molar-refractivity contribution >= 4 is 11.6 Å². The first-order valence-electron chi connectivity index (χ1n) is 5.70. The van der Waals surface area contributed by atoms with Crippen LogP contribution in [0.4, 0.5) is 0 Å². The van der Waals surface area contributed by atoms with E-state index >= 15 is 0 Å². The Labute approximate surface area is 104 Å². The smallest absolute Gasteiger partial charge is 0.253 e. The lowest BCUT2D eigenvalue weighted by atomic mass is 9.92. The van der Waals surface area contributed by atoms with Crippen molar-refractivity contribution in [2.75, 3.05) is 0 Å². The van der Waals surface area contributed by atoms with Crippen LogP contribution in [0.3, 0.4) is 0 Å². The van der Waals surface area contributed by atoms with E-state index in [4.69, 9.17) is 0 Å². The van der Waals surface area contributed by atoms with E-state index < -0.39 is 0 Å². The number of hydrazone groups is 1. The van der Waals surface area contributed by atoms with Gasteiger partial charge in [-0.15, -0.1) is 0 Å². The molecule has 1 aliphatic heterocycles. The maximum atomic E-state index is 11.9. The molecule has 2 heterocycles. The van der Waals surface area contributed by atoms with Gasteiger partial charge in [0, 0.05) is 6.20 Å². The summed E-state index contributed by atoms with van der Waals surface area (Å²) < 4.78 is 0. The second kappa shape index (κ2) is 4.41.